The maximum Gasteiger partial charge on any atom is 0.238 e. The van der Waals surface area contributed by atoms with E-state index in [2.05, 4.69) is 10.2 Å². The quantitative estimate of drug-likeness (QED) is 0.813. The van der Waals surface area contributed by atoms with E-state index in [1.165, 1.54) is 0 Å². The lowest BCUT2D eigenvalue weighted by molar-refractivity contribution is -0.117. The number of hydrogen-bond acceptors (Lipinski definition) is 3. The van der Waals surface area contributed by atoms with Gasteiger partial charge in [-0.3, -0.25) is 14.5 Å². The van der Waals surface area contributed by atoms with Crippen LogP contribution in [0.15, 0.2) is 12.1 Å². The molecular weight excluding hydrogens is 252 g/mol. The number of nitrogens with zero attached hydrogens (tertiary/aromatic N) is 1. The number of likely N-dealkylation sites (N-methyl/N-ethyl adjacent to an activating group) is 1. The van der Waals surface area contributed by atoms with Crippen molar-refractivity contribution in [2.75, 3.05) is 25.0 Å². The van der Waals surface area contributed by atoms with Gasteiger partial charge in [0, 0.05) is 11.3 Å². The van der Waals surface area contributed by atoms with Crippen LogP contribution in [0, 0.1) is 13.8 Å². The molecule has 0 heterocycles. The number of benzene rings is 1. The van der Waals surface area contributed by atoms with E-state index in [4.69, 9.17) is 0 Å². The van der Waals surface area contributed by atoms with Crippen LogP contribution in [0.4, 0.5) is 5.69 Å². The number of hydrogen-bond donors (Lipinski definition) is 1. The summed E-state index contributed by atoms with van der Waals surface area (Å²) in [6, 6.07) is 3.64. The number of anilines is 1. The van der Waals surface area contributed by atoms with Gasteiger partial charge >= 0.3 is 0 Å². The van der Waals surface area contributed by atoms with Crippen molar-refractivity contribution in [2.45, 2.75) is 34.6 Å². The summed E-state index contributed by atoms with van der Waals surface area (Å²) in [6.07, 6.45) is 0. The predicted molar refractivity (Wildman–Crippen MR) is 82.3 cm³/mol. The summed E-state index contributed by atoms with van der Waals surface area (Å²) in [5, 5.41) is 2.95. The molecule has 0 radical (unpaired) electrons. The fourth-order valence-electron chi connectivity index (χ4n) is 2.19. The van der Waals surface area contributed by atoms with Crippen molar-refractivity contribution < 1.29 is 9.59 Å². The molecule has 110 valence electrons. The van der Waals surface area contributed by atoms with E-state index in [1.807, 2.05) is 39.8 Å². The second kappa shape index (κ2) is 7.20. The topological polar surface area (TPSA) is 49.4 Å². The minimum Gasteiger partial charge on any atom is -0.324 e. The minimum absolute atomic E-state index is 0.0181. The largest absolute Gasteiger partial charge is 0.324 e. The number of aryl methyl sites for hydroxylation is 2. The summed E-state index contributed by atoms with van der Waals surface area (Å²) < 4.78 is 0. The highest BCUT2D eigenvalue weighted by molar-refractivity contribution is 5.97. The van der Waals surface area contributed by atoms with Crippen molar-refractivity contribution in [3.8, 4) is 0 Å². The van der Waals surface area contributed by atoms with E-state index >= 15 is 0 Å². The van der Waals surface area contributed by atoms with Gasteiger partial charge in [0.15, 0.2) is 5.78 Å². The van der Waals surface area contributed by atoms with Crippen LogP contribution in [0.5, 0.6) is 0 Å². The fourth-order valence-corrected chi connectivity index (χ4v) is 2.19. The lowest BCUT2D eigenvalue weighted by Crippen LogP contribution is -2.33. The van der Waals surface area contributed by atoms with Gasteiger partial charge in [-0.15, -0.1) is 0 Å². The summed E-state index contributed by atoms with van der Waals surface area (Å²) in [6.45, 7) is 11.5. The summed E-state index contributed by atoms with van der Waals surface area (Å²) in [5.74, 6) is 0.0210. The van der Waals surface area contributed by atoms with Gasteiger partial charge in [0.25, 0.3) is 0 Å². The Kier molecular flexibility index (Phi) is 5.89. The third-order valence-corrected chi connectivity index (χ3v) is 3.47. The first-order valence-corrected chi connectivity index (χ1v) is 7.03. The Balaban J connectivity index is 2.88. The van der Waals surface area contributed by atoms with Crippen molar-refractivity contribution in [2.24, 2.45) is 0 Å². The summed E-state index contributed by atoms with van der Waals surface area (Å²) >= 11 is 0. The lowest BCUT2D eigenvalue weighted by atomic mass is 10.0. The fraction of sp³-hybridized carbons (Fsp3) is 0.500. The summed E-state index contributed by atoms with van der Waals surface area (Å²) in [4.78, 5) is 25.5. The monoisotopic (exact) mass is 276 g/mol. The highest BCUT2D eigenvalue weighted by Gasteiger charge is 2.12. The Morgan fingerprint density at radius 2 is 1.60 bits per heavy atom. The third kappa shape index (κ3) is 4.17. The predicted octanol–water partition coefficient (Wildman–Crippen LogP) is 2.79. The first-order valence-electron chi connectivity index (χ1n) is 7.03. The number of Topliss-reactive ketones (excluding diaryl/α,β-unsaturated/α-hetero) is 1. The molecule has 1 N–H and O–H groups in total. The van der Waals surface area contributed by atoms with Gasteiger partial charge in [0.1, 0.15) is 0 Å². The molecule has 0 saturated heterocycles. The molecule has 0 aliphatic carbocycles. The van der Waals surface area contributed by atoms with E-state index in [9.17, 15) is 9.59 Å². The Bertz CT molecular complexity index is 482. The molecule has 0 bridgehead atoms. The number of carbonyl (C=O) groups is 2. The second-order valence-electron chi connectivity index (χ2n) is 5.05. The average molecular weight is 276 g/mol. The highest BCUT2D eigenvalue weighted by Crippen LogP contribution is 2.22. The van der Waals surface area contributed by atoms with Gasteiger partial charge in [0.2, 0.25) is 5.91 Å². The molecule has 0 aliphatic heterocycles. The standard InChI is InChI=1S/C16H24N2O2/c1-6-18(7-2)10-15(20)17-16-11(3)8-14(13(5)19)9-12(16)4/h8-9H,6-7,10H2,1-5H3,(H,17,20). The van der Waals surface area contributed by atoms with Gasteiger partial charge in [-0.25, -0.2) is 0 Å². The zero-order valence-corrected chi connectivity index (χ0v) is 13.0. The zero-order chi connectivity index (χ0) is 15.3. The molecule has 1 amide bonds. The molecule has 0 atom stereocenters. The van der Waals surface area contributed by atoms with Gasteiger partial charge in [-0.2, -0.15) is 0 Å². The molecule has 20 heavy (non-hydrogen) atoms. The van der Waals surface area contributed by atoms with Crippen LogP contribution >= 0.6 is 0 Å². The van der Waals surface area contributed by atoms with Crippen LogP contribution in [0.1, 0.15) is 42.3 Å². The Labute approximate surface area is 121 Å². The number of nitrogens with one attached hydrogen (secondary N) is 1. The first-order chi connectivity index (χ1) is 9.38. The molecule has 4 nitrogen and oxygen atoms in total. The molecule has 0 aliphatic rings. The van der Waals surface area contributed by atoms with Crippen LogP contribution in [-0.4, -0.2) is 36.2 Å². The van der Waals surface area contributed by atoms with E-state index in [0.29, 0.717) is 12.1 Å². The summed E-state index contributed by atoms with van der Waals surface area (Å²) in [5.41, 5.74) is 3.33. The van der Waals surface area contributed by atoms with Crippen LogP contribution in [0.3, 0.4) is 0 Å². The second-order valence-corrected chi connectivity index (χ2v) is 5.05. The molecule has 0 spiro atoms. The van der Waals surface area contributed by atoms with Crippen molar-refractivity contribution in [3.05, 3.63) is 28.8 Å². The van der Waals surface area contributed by atoms with Crippen LogP contribution in [0.25, 0.3) is 0 Å². The van der Waals surface area contributed by atoms with Gasteiger partial charge in [0.05, 0.1) is 6.54 Å². The van der Waals surface area contributed by atoms with E-state index < -0.39 is 0 Å². The molecule has 0 fully saturated rings. The number of rotatable bonds is 6. The van der Waals surface area contributed by atoms with Crippen molar-refractivity contribution >= 4 is 17.4 Å². The van der Waals surface area contributed by atoms with Crippen LogP contribution < -0.4 is 5.32 Å². The minimum atomic E-state index is -0.0181. The Morgan fingerprint density at radius 1 is 1.10 bits per heavy atom. The van der Waals surface area contributed by atoms with Gasteiger partial charge in [-0.05, 0) is 57.1 Å². The number of amides is 1. The molecule has 1 aromatic carbocycles. The molecule has 4 heteroatoms. The maximum absolute atomic E-state index is 12.0. The van der Waals surface area contributed by atoms with Crippen molar-refractivity contribution in [3.63, 3.8) is 0 Å². The van der Waals surface area contributed by atoms with E-state index in [1.54, 1.807) is 6.92 Å². The summed E-state index contributed by atoms with van der Waals surface area (Å²) in [7, 11) is 0. The average Bonchev–Trinajstić information content (AvgIpc) is 2.39. The normalized spacial score (nSPS) is 10.7. The molecule has 0 saturated carbocycles. The number of ketones is 1. The third-order valence-electron chi connectivity index (χ3n) is 3.47. The zero-order valence-electron chi connectivity index (χ0n) is 13.0. The van der Waals surface area contributed by atoms with E-state index in [0.717, 1.165) is 29.9 Å². The molecule has 0 aromatic heterocycles. The first kappa shape index (κ1) is 16.4. The smallest absolute Gasteiger partial charge is 0.238 e. The Hall–Kier alpha value is -1.68. The SMILES string of the molecule is CCN(CC)CC(=O)Nc1c(C)cc(C(C)=O)cc1C. The van der Waals surface area contributed by atoms with Crippen molar-refractivity contribution in [1.82, 2.24) is 4.90 Å². The molecule has 1 aromatic rings. The van der Waals surface area contributed by atoms with E-state index in [-0.39, 0.29) is 11.7 Å². The molecule has 1 rings (SSSR count). The maximum atomic E-state index is 12.0. The Morgan fingerprint density at radius 3 is 2.00 bits per heavy atom. The highest BCUT2D eigenvalue weighted by atomic mass is 16.2. The molecular formula is C16H24N2O2. The van der Waals surface area contributed by atoms with Crippen molar-refractivity contribution in [1.29, 1.82) is 0 Å². The molecule has 0 unspecified atom stereocenters. The van der Waals surface area contributed by atoms with Gasteiger partial charge < -0.3 is 5.32 Å². The van der Waals surface area contributed by atoms with Crippen LogP contribution in [0.2, 0.25) is 0 Å². The number of carbonyl (C=O) groups excluding carboxylic acids is 2. The van der Waals surface area contributed by atoms with Gasteiger partial charge in [-0.1, -0.05) is 13.8 Å². The lowest BCUT2D eigenvalue weighted by Gasteiger charge is -2.19. The van der Waals surface area contributed by atoms with Crippen LogP contribution in [-0.2, 0) is 4.79 Å².